The molecule has 0 heterocycles. The van der Waals surface area contributed by atoms with Crippen molar-refractivity contribution in [3.63, 3.8) is 0 Å². The number of nitrogens with one attached hydrogen (secondary N) is 2. The molecule has 1 aliphatic rings. The summed E-state index contributed by atoms with van der Waals surface area (Å²) >= 11 is 5.88. The van der Waals surface area contributed by atoms with Crippen LogP contribution in [0.5, 0.6) is 5.75 Å². The first-order valence-corrected chi connectivity index (χ1v) is 9.15. The van der Waals surface area contributed by atoms with Gasteiger partial charge in [0, 0.05) is 16.8 Å². The molecule has 3 rings (SSSR count). The highest BCUT2D eigenvalue weighted by Gasteiger charge is 2.23. The number of benzene rings is 2. The number of halogens is 2. The highest BCUT2D eigenvalue weighted by Crippen LogP contribution is 2.25. The maximum atomic E-state index is 12.7. The minimum atomic E-state index is -0.547. The van der Waals surface area contributed by atoms with E-state index in [1.54, 1.807) is 24.3 Å². The molecule has 0 bridgehead atoms. The van der Waals surface area contributed by atoms with Gasteiger partial charge in [0.25, 0.3) is 0 Å². The lowest BCUT2D eigenvalue weighted by Crippen LogP contribution is -2.41. The van der Waals surface area contributed by atoms with Gasteiger partial charge in [-0.2, -0.15) is 0 Å². The number of hydrogen-bond acceptors (Lipinski definition) is 2. The molecule has 2 amide bonds. The summed E-state index contributed by atoms with van der Waals surface area (Å²) in [6.45, 7) is -0.547. The molecule has 0 atom stereocenters. The molecule has 4 nitrogen and oxygen atoms in total. The SMILES string of the molecule is O=C(Nc1cccc(CF)c1)NC1CCC(Oc2ccc(Cl)cc2)CC1. The van der Waals surface area contributed by atoms with Crippen molar-refractivity contribution < 1.29 is 13.9 Å². The molecular weight excluding hydrogens is 355 g/mol. The number of alkyl halides is 1. The highest BCUT2D eigenvalue weighted by molar-refractivity contribution is 6.30. The molecule has 2 N–H and O–H groups in total. The summed E-state index contributed by atoms with van der Waals surface area (Å²) in [7, 11) is 0. The molecule has 6 heteroatoms. The van der Waals surface area contributed by atoms with Crippen molar-refractivity contribution in [2.45, 2.75) is 44.5 Å². The van der Waals surface area contributed by atoms with Crippen LogP contribution in [0.1, 0.15) is 31.2 Å². The van der Waals surface area contributed by atoms with Gasteiger partial charge in [0.05, 0.1) is 6.10 Å². The first-order valence-electron chi connectivity index (χ1n) is 8.77. The van der Waals surface area contributed by atoms with Gasteiger partial charge in [0.1, 0.15) is 12.4 Å². The van der Waals surface area contributed by atoms with E-state index in [2.05, 4.69) is 10.6 Å². The van der Waals surface area contributed by atoms with E-state index in [0.717, 1.165) is 31.4 Å². The molecule has 0 aliphatic heterocycles. The molecular formula is C20H22ClFN2O2. The van der Waals surface area contributed by atoms with Gasteiger partial charge >= 0.3 is 6.03 Å². The number of rotatable bonds is 5. The van der Waals surface area contributed by atoms with Gasteiger partial charge < -0.3 is 15.4 Å². The number of hydrogen-bond donors (Lipinski definition) is 2. The normalized spacial score (nSPS) is 19.6. The highest BCUT2D eigenvalue weighted by atomic mass is 35.5. The van der Waals surface area contributed by atoms with E-state index in [1.807, 2.05) is 24.3 Å². The van der Waals surface area contributed by atoms with Gasteiger partial charge in [-0.1, -0.05) is 23.7 Å². The number of ether oxygens (including phenoxy) is 1. The molecule has 0 unspecified atom stereocenters. The molecule has 2 aromatic carbocycles. The summed E-state index contributed by atoms with van der Waals surface area (Å²) in [5.74, 6) is 0.816. The van der Waals surface area contributed by atoms with Crippen LogP contribution >= 0.6 is 11.6 Å². The van der Waals surface area contributed by atoms with E-state index in [9.17, 15) is 9.18 Å². The fourth-order valence-electron chi connectivity index (χ4n) is 3.12. The predicted octanol–water partition coefficient (Wildman–Crippen LogP) is 5.32. The van der Waals surface area contributed by atoms with Gasteiger partial charge in [-0.3, -0.25) is 0 Å². The van der Waals surface area contributed by atoms with E-state index in [0.29, 0.717) is 16.3 Å². The summed E-state index contributed by atoms with van der Waals surface area (Å²) in [5, 5.41) is 6.43. The Morgan fingerprint density at radius 2 is 1.85 bits per heavy atom. The van der Waals surface area contributed by atoms with Crippen molar-refractivity contribution >= 4 is 23.3 Å². The Morgan fingerprint density at radius 3 is 2.54 bits per heavy atom. The molecule has 1 fully saturated rings. The van der Waals surface area contributed by atoms with Crippen molar-refractivity contribution in [1.82, 2.24) is 5.32 Å². The molecule has 138 valence electrons. The van der Waals surface area contributed by atoms with Crippen LogP contribution in [0.25, 0.3) is 0 Å². The fraction of sp³-hybridized carbons (Fsp3) is 0.350. The van der Waals surface area contributed by atoms with Crippen LogP contribution in [0.15, 0.2) is 48.5 Å². The third-order valence-corrected chi connectivity index (χ3v) is 4.72. The van der Waals surface area contributed by atoms with E-state index in [1.165, 1.54) is 0 Å². The van der Waals surface area contributed by atoms with E-state index < -0.39 is 6.67 Å². The summed E-state index contributed by atoms with van der Waals surface area (Å²) in [6, 6.07) is 14.0. The Labute approximate surface area is 157 Å². The predicted molar refractivity (Wildman–Crippen MR) is 102 cm³/mol. The summed E-state index contributed by atoms with van der Waals surface area (Å²) in [4.78, 5) is 12.1. The topological polar surface area (TPSA) is 50.4 Å². The number of amides is 2. The smallest absolute Gasteiger partial charge is 0.319 e. The monoisotopic (exact) mass is 376 g/mol. The average molecular weight is 377 g/mol. The Morgan fingerprint density at radius 1 is 1.12 bits per heavy atom. The average Bonchev–Trinajstić information content (AvgIpc) is 2.65. The maximum Gasteiger partial charge on any atom is 0.319 e. The molecule has 1 saturated carbocycles. The summed E-state index contributed by atoms with van der Waals surface area (Å²) in [6.07, 6.45) is 3.63. The van der Waals surface area contributed by atoms with Crippen molar-refractivity contribution in [2.24, 2.45) is 0 Å². The summed E-state index contributed by atoms with van der Waals surface area (Å²) < 4.78 is 18.6. The quantitative estimate of drug-likeness (QED) is 0.741. The van der Waals surface area contributed by atoms with Crippen LogP contribution in [0.2, 0.25) is 5.02 Å². The first kappa shape index (κ1) is 18.5. The fourth-order valence-corrected chi connectivity index (χ4v) is 3.24. The van der Waals surface area contributed by atoms with Crippen molar-refractivity contribution in [1.29, 1.82) is 0 Å². The van der Waals surface area contributed by atoms with Gasteiger partial charge in [0.2, 0.25) is 0 Å². The minimum absolute atomic E-state index is 0.115. The maximum absolute atomic E-state index is 12.7. The molecule has 2 aromatic rings. The van der Waals surface area contributed by atoms with Gasteiger partial charge in [-0.15, -0.1) is 0 Å². The number of anilines is 1. The lowest BCUT2D eigenvalue weighted by Gasteiger charge is -2.29. The van der Waals surface area contributed by atoms with Crippen LogP contribution in [-0.4, -0.2) is 18.2 Å². The molecule has 26 heavy (non-hydrogen) atoms. The van der Waals surface area contributed by atoms with Crippen molar-refractivity contribution in [3.8, 4) is 5.75 Å². The van der Waals surface area contributed by atoms with Crippen LogP contribution in [0.4, 0.5) is 14.9 Å². The minimum Gasteiger partial charge on any atom is -0.490 e. The second-order valence-corrected chi connectivity index (χ2v) is 6.91. The zero-order chi connectivity index (χ0) is 18.4. The van der Waals surface area contributed by atoms with Crippen LogP contribution in [0.3, 0.4) is 0 Å². The third kappa shape index (κ3) is 5.36. The van der Waals surface area contributed by atoms with E-state index in [4.69, 9.17) is 16.3 Å². The zero-order valence-electron chi connectivity index (χ0n) is 14.4. The van der Waals surface area contributed by atoms with Crippen molar-refractivity contribution in [2.75, 3.05) is 5.32 Å². The number of carbonyl (C=O) groups is 1. The Bertz CT molecular complexity index is 731. The zero-order valence-corrected chi connectivity index (χ0v) is 15.1. The summed E-state index contributed by atoms with van der Waals surface area (Å²) in [5.41, 5.74) is 1.14. The Balaban J connectivity index is 1.43. The van der Waals surface area contributed by atoms with Crippen LogP contribution in [0, 0.1) is 0 Å². The first-order chi connectivity index (χ1) is 12.6. The second kappa shape index (κ2) is 8.90. The molecule has 0 aromatic heterocycles. The van der Waals surface area contributed by atoms with E-state index in [-0.39, 0.29) is 18.2 Å². The van der Waals surface area contributed by atoms with Crippen LogP contribution < -0.4 is 15.4 Å². The Kier molecular flexibility index (Phi) is 6.34. The number of carbonyl (C=O) groups excluding carboxylic acids is 1. The number of urea groups is 1. The third-order valence-electron chi connectivity index (χ3n) is 4.46. The molecule has 0 saturated heterocycles. The van der Waals surface area contributed by atoms with Gasteiger partial charge in [0.15, 0.2) is 0 Å². The van der Waals surface area contributed by atoms with Crippen molar-refractivity contribution in [3.05, 3.63) is 59.1 Å². The molecule has 0 radical (unpaired) electrons. The Hall–Kier alpha value is -2.27. The standard InChI is InChI=1S/C20H22ClFN2O2/c21-15-4-8-18(9-5-15)26-19-10-6-16(7-11-19)23-20(25)24-17-3-1-2-14(12-17)13-22/h1-5,8-9,12,16,19H,6-7,10-11,13H2,(H2,23,24,25). The van der Waals surface area contributed by atoms with Crippen LogP contribution in [-0.2, 0) is 6.67 Å². The van der Waals surface area contributed by atoms with Gasteiger partial charge in [-0.25, -0.2) is 9.18 Å². The lowest BCUT2D eigenvalue weighted by molar-refractivity contribution is 0.141. The largest absolute Gasteiger partial charge is 0.490 e. The second-order valence-electron chi connectivity index (χ2n) is 6.48. The molecule has 0 spiro atoms. The van der Waals surface area contributed by atoms with E-state index >= 15 is 0 Å². The lowest BCUT2D eigenvalue weighted by atomic mass is 9.93. The molecule has 1 aliphatic carbocycles. The van der Waals surface area contributed by atoms with Gasteiger partial charge in [-0.05, 0) is 67.6 Å².